The lowest BCUT2D eigenvalue weighted by Gasteiger charge is -2.40. The van der Waals surface area contributed by atoms with Gasteiger partial charge in [-0.1, -0.05) is 47.6 Å². The van der Waals surface area contributed by atoms with Crippen molar-refractivity contribution in [2.24, 2.45) is 0 Å². The second-order valence-corrected chi connectivity index (χ2v) is 12.8. The van der Waals surface area contributed by atoms with Crippen LogP contribution in [0.3, 0.4) is 0 Å². The Bertz CT molecular complexity index is 1400. The van der Waals surface area contributed by atoms with Crippen LogP contribution in [-0.4, -0.2) is 44.0 Å². The first kappa shape index (κ1) is 28.5. The molecule has 5 rings (SSSR count). The molecule has 40 heavy (non-hydrogen) atoms. The summed E-state index contributed by atoms with van der Waals surface area (Å²) in [5.41, 5.74) is 1.15. The topological polar surface area (TPSA) is 77.1 Å². The van der Waals surface area contributed by atoms with Crippen molar-refractivity contribution in [3.05, 3.63) is 92.2 Å². The summed E-state index contributed by atoms with van der Waals surface area (Å²) < 4.78 is 16.8. The van der Waals surface area contributed by atoms with E-state index in [1.807, 2.05) is 47.2 Å². The van der Waals surface area contributed by atoms with E-state index in [2.05, 4.69) is 22.3 Å². The Balaban J connectivity index is 1.56. The fourth-order valence-electron chi connectivity index (χ4n) is 4.74. The number of rotatable bonds is 6. The molecular weight excluding hydrogens is 568 g/mol. The number of halogens is 1. The molecule has 1 saturated heterocycles. The quantitative estimate of drug-likeness (QED) is 0.307. The fraction of sp³-hybridized carbons (Fsp3) is 0.333. The van der Waals surface area contributed by atoms with Gasteiger partial charge in [-0.05, 0) is 73.0 Å². The molecule has 1 N–H and O–H groups in total. The van der Waals surface area contributed by atoms with Crippen molar-refractivity contribution in [1.29, 1.82) is 0 Å². The largest absolute Gasteiger partial charge is 0.514 e. The highest BCUT2D eigenvalue weighted by Crippen LogP contribution is 2.45. The zero-order chi connectivity index (χ0) is 28.3. The van der Waals surface area contributed by atoms with Crippen LogP contribution < -0.4 is 10.2 Å². The third kappa shape index (κ3) is 6.33. The first-order chi connectivity index (χ1) is 19.1. The van der Waals surface area contributed by atoms with Gasteiger partial charge in [0.05, 0.1) is 23.8 Å². The Morgan fingerprint density at radius 2 is 1.80 bits per heavy atom. The zero-order valence-electron chi connectivity index (χ0n) is 22.6. The van der Waals surface area contributed by atoms with Crippen LogP contribution in [0.5, 0.6) is 0 Å². The molecule has 210 valence electrons. The predicted octanol–water partition coefficient (Wildman–Crippen LogP) is 6.96. The molecule has 1 atom stereocenters. The van der Waals surface area contributed by atoms with Crippen LogP contribution in [0.15, 0.2) is 80.9 Å². The van der Waals surface area contributed by atoms with Crippen molar-refractivity contribution in [2.75, 3.05) is 31.2 Å². The fourth-order valence-corrected chi connectivity index (χ4v) is 6.62. The van der Waals surface area contributed by atoms with E-state index in [1.54, 1.807) is 26.8 Å². The van der Waals surface area contributed by atoms with Gasteiger partial charge in [-0.3, -0.25) is 4.79 Å². The first-order valence-electron chi connectivity index (χ1n) is 13.0. The number of nitrogens with one attached hydrogen (secondary N) is 1. The van der Waals surface area contributed by atoms with Gasteiger partial charge < -0.3 is 24.4 Å². The van der Waals surface area contributed by atoms with E-state index in [4.69, 9.17) is 25.8 Å². The standard InChI is InChI=1S/C30H31ClN2O5S2/c1-29(2,3)38-28(35)37-24-18-30(21-12-17-39-19-21,20-8-10-22(11-9-20)33-13-15-36-16-14-33)32-27(34)26(24)40-25-7-5-4-6-23(25)31/h4-12,17,19H,13-16,18H2,1-3H3,(H,32,34). The number of hydrogen-bond acceptors (Lipinski definition) is 8. The molecule has 0 spiro atoms. The molecule has 1 unspecified atom stereocenters. The molecule has 1 fully saturated rings. The third-order valence-electron chi connectivity index (χ3n) is 6.61. The molecule has 0 saturated carbocycles. The number of nitrogens with zero attached hydrogens (tertiary/aromatic N) is 1. The average molecular weight is 599 g/mol. The molecule has 0 aliphatic carbocycles. The maximum atomic E-state index is 13.9. The van der Waals surface area contributed by atoms with Gasteiger partial charge in [0, 0.05) is 30.1 Å². The van der Waals surface area contributed by atoms with Gasteiger partial charge in [0.2, 0.25) is 0 Å². The van der Waals surface area contributed by atoms with Gasteiger partial charge >= 0.3 is 6.16 Å². The number of carbonyl (C=O) groups is 2. The molecule has 0 radical (unpaired) electrons. The van der Waals surface area contributed by atoms with Crippen molar-refractivity contribution in [2.45, 2.75) is 43.2 Å². The zero-order valence-corrected chi connectivity index (χ0v) is 25.0. The molecule has 0 bridgehead atoms. The van der Waals surface area contributed by atoms with Crippen molar-refractivity contribution < 1.29 is 23.8 Å². The van der Waals surface area contributed by atoms with Gasteiger partial charge in [-0.2, -0.15) is 11.3 Å². The smallest absolute Gasteiger partial charge is 0.428 e. The van der Waals surface area contributed by atoms with Crippen LogP contribution >= 0.6 is 34.7 Å². The van der Waals surface area contributed by atoms with Gasteiger partial charge in [0.25, 0.3) is 5.91 Å². The summed E-state index contributed by atoms with van der Waals surface area (Å²) in [7, 11) is 0. The summed E-state index contributed by atoms with van der Waals surface area (Å²) in [6, 6.07) is 17.4. The molecule has 2 aliphatic heterocycles. The highest BCUT2D eigenvalue weighted by Gasteiger charge is 2.45. The molecule has 10 heteroatoms. The SMILES string of the molecule is CC(C)(C)OC(=O)OC1=C(Sc2ccccc2Cl)C(=O)NC(c2ccc(N3CCOCC3)cc2)(c2ccsc2)C1. The molecule has 3 heterocycles. The van der Waals surface area contributed by atoms with E-state index in [0.717, 1.165) is 29.9 Å². The number of anilines is 1. The summed E-state index contributed by atoms with van der Waals surface area (Å²) >= 11 is 9.13. The Kier molecular flexibility index (Phi) is 8.47. The van der Waals surface area contributed by atoms with Crippen LogP contribution in [0.4, 0.5) is 10.5 Å². The number of hydrogen-bond donors (Lipinski definition) is 1. The van der Waals surface area contributed by atoms with E-state index in [0.29, 0.717) is 23.1 Å². The average Bonchev–Trinajstić information content (AvgIpc) is 3.47. The molecule has 1 amide bonds. The molecule has 2 aliphatic rings. The maximum Gasteiger partial charge on any atom is 0.514 e. The molecule has 2 aromatic carbocycles. The third-order valence-corrected chi connectivity index (χ3v) is 8.93. The van der Waals surface area contributed by atoms with Crippen molar-refractivity contribution in [1.82, 2.24) is 5.32 Å². The summed E-state index contributed by atoms with van der Waals surface area (Å²) in [5, 5.41) is 7.74. The Labute approximate surface area is 247 Å². The van der Waals surface area contributed by atoms with E-state index >= 15 is 0 Å². The second-order valence-electron chi connectivity index (χ2n) is 10.5. The normalized spacial score (nSPS) is 19.8. The van der Waals surface area contributed by atoms with E-state index in [9.17, 15) is 9.59 Å². The second kappa shape index (κ2) is 11.9. The van der Waals surface area contributed by atoms with E-state index < -0.39 is 17.3 Å². The van der Waals surface area contributed by atoms with E-state index in [-0.39, 0.29) is 23.0 Å². The highest BCUT2D eigenvalue weighted by atomic mass is 35.5. The van der Waals surface area contributed by atoms with E-state index in [1.165, 1.54) is 23.1 Å². The summed E-state index contributed by atoms with van der Waals surface area (Å²) in [6.07, 6.45) is -0.658. The van der Waals surface area contributed by atoms with Crippen LogP contribution in [0.1, 0.15) is 38.3 Å². The monoisotopic (exact) mass is 598 g/mol. The summed E-state index contributed by atoms with van der Waals surface area (Å²) in [5.74, 6) is -0.135. The molecule has 7 nitrogen and oxygen atoms in total. The Morgan fingerprint density at radius 1 is 1.07 bits per heavy atom. The number of ether oxygens (including phenoxy) is 3. The minimum atomic E-state index is -0.956. The number of benzene rings is 2. The number of morpholine rings is 1. The van der Waals surface area contributed by atoms with Crippen molar-refractivity contribution in [3.63, 3.8) is 0 Å². The number of thioether (sulfide) groups is 1. The lowest BCUT2D eigenvalue weighted by molar-refractivity contribution is -0.119. The lowest BCUT2D eigenvalue weighted by atomic mass is 9.79. The number of carbonyl (C=O) groups excluding carboxylic acids is 2. The van der Waals surface area contributed by atoms with Gasteiger partial charge in [0.1, 0.15) is 16.3 Å². The maximum absolute atomic E-state index is 13.9. The number of amides is 1. The highest BCUT2D eigenvalue weighted by molar-refractivity contribution is 8.04. The van der Waals surface area contributed by atoms with Gasteiger partial charge in [-0.15, -0.1) is 0 Å². The van der Waals surface area contributed by atoms with Crippen molar-refractivity contribution >= 4 is 52.4 Å². The first-order valence-corrected chi connectivity index (χ1v) is 15.1. The molecule has 1 aromatic heterocycles. The Hall–Kier alpha value is -2.98. The van der Waals surface area contributed by atoms with Crippen LogP contribution in [0.25, 0.3) is 0 Å². The number of thiophene rings is 1. The summed E-state index contributed by atoms with van der Waals surface area (Å²) in [6.45, 7) is 8.33. The van der Waals surface area contributed by atoms with Gasteiger partial charge in [0.15, 0.2) is 0 Å². The predicted molar refractivity (Wildman–Crippen MR) is 159 cm³/mol. The Morgan fingerprint density at radius 3 is 2.45 bits per heavy atom. The van der Waals surface area contributed by atoms with Gasteiger partial charge in [-0.25, -0.2) is 4.79 Å². The lowest BCUT2D eigenvalue weighted by Crippen LogP contribution is -2.50. The van der Waals surface area contributed by atoms with Crippen molar-refractivity contribution in [3.8, 4) is 0 Å². The summed E-state index contributed by atoms with van der Waals surface area (Å²) in [4.78, 5) is 30.0. The molecular formula is C30H31ClN2O5S2. The molecule has 3 aromatic rings. The van der Waals surface area contributed by atoms with Crippen LogP contribution in [0, 0.1) is 0 Å². The van der Waals surface area contributed by atoms with Crippen LogP contribution in [-0.2, 0) is 24.5 Å². The van der Waals surface area contributed by atoms with Crippen LogP contribution in [0.2, 0.25) is 5.02 Å². The minimum absolute atomic E-state index is 0.207. The minimum Gasteiger partial charge on any atom is -0.428 e.